The highest BCUT2D eigenvalue weighted by molar-refractivity contribution is 7.09. The molecule has 1 unspecified atom stereocenters. The molecule has 2 rings (SSSR count). The molecule has 1 atom stereocenters. The number of hydrogen-bond acceptors (Lipinski definition) is 4. The van der Waals surface area contributed by atoms with E-state index in [4.69, 9.17) is 5.73 Å². The SMILES string of the molecule is NCC(O)Cc1nc(-c2ccc(F)cc2F)cs1. The third kappa shape index (κ3) is 2.90. The number of hydrogen-bond donors (Lipinski definition) is 2. The zero-order valence-corrected chi connectivity index (χ0v) is 10.3. The Morgan fingerprint density at radius 1 is 1.39 bits per heavy atom. The van der Waals surface area contributed by atoms with E-state index in [1.807, 2.05) is 0 Å². The summed E-state index contributed by atoms with van der Waals surface area (Å²) in [6.45, 7) is 0.153. The number of benzene rings is 1. The number of halogens is 2. The Hall–Kier alpha value is -1.37. The molecule has 0 fully saturated rings. The smallest absolute Gasteiger partial charge is 0.135 e. The van der Waals surface area contributed by atoms with Crippen LogP contribution in [0.4, 0.5) is 8.78 Å². The maximum absolute atomic E-state index is 13.5. The van der Waals surface area contributed by atoms with Crippen molar-refractivity contribution in [3.8, 4) is 11.3 Å². The van der Waals surface area contributed by atoms with E-state index >= 15 is 0 Å². The van der Waals surface area contributed by atoms with Crippen LogP contribution in [-0.4, -0.2) is 22.7 Å². The molecule has 0 aliphatic carbocycles. The first-order chi connectivity index (χ1) is 8.60. The lowest BCUT2D eigenvalue weighted by molar-refractivity contribution is 0.183. The largest absolute Gasteiger partial charge is 0.391 e. The van der Waals surface area contributed by atoms with Gasteiger partial charge in [0.2, 0.25) is 0 Å². The summed E-state index contributed by atoms with van der Waals surface area (Å²) in [5.74, 6) is -1.27. The predicted octanol–water partition coefficient (Wildman–Crippen LogP) is 1.95. The van der Waals surface area contributed by atoms with E-state index in [1.165, 1.54) is 23.5 Å². The number of thiazole rings is 1. The van der Waals surface area contributed by atoms with Crippen LogP contribution in [-0.2, 0) is 6.42 Å². The second-order valence-corrected chi connectivity index (χ2v) is 4.79. The molecule has 3 nitrogen and oxygen atoms in total. The molecule has 0 saturated heterocycles. The van der Waals surface area contributed by atoms with E-state index in [-0.39, 0.29) is 12.1 Å². The Labute approximate surface area is 107 Å². The first-order valence-electron chi connectivity index (χ1n) is 5.38. The van der Waals surface area contributed by atoms with E-state index in [1.54, 1.807) is 5.38 Å². The van der Waals surface area contributed by atoms with Crippen LogP contribution in [0.25, 0.3) is 11.3 Å². The summed E-state index contributed by atoms with van der Waals surface area (Å²) in [5, 5.41) is 11.7. The lowest BCUT2D eigenvalue weighted by Gasteiger charge is -2.03. The molecule has 0 aliphatic heterocycles. The minimum absolute atomic E-state index is 0.153. The van der Waals surface area contributed by atoms with Crippen molar-refractivity contribution < 1.29 is 13.9 Å². The average Bonchev–Trinajstić information content (AvgIpc) is 2.77. The van der Waals surface area contributed by atoms with Gasteiger partial charge >= 0.3 is 0 Å². The number of aromatic nitrogens is 1. The van der Waals surface area contributed by atoms with Gasteiger partial charge in [0.25, 0.3) is 0 Å². The normalized spacial score (nSPS) is 12.7. The molecule has 18 heavy (non-hydrogen) atoms. The summed E-state index contributed by atoms with van der Waals surface area (Å²) in [7, 11) is 0. The molecule has 0 bridgehead atoms. The first-order valence-corrected chi connectivity index (χ1v) is 6.26. The molecule has 0 spiro atoms. The Bertz CT molecular complexity index is 545. The molecule has 0 aliphatic rings. The molecular weight excluding hydrogens is 258 g/mol. The minimum Gasteiger partial charge on any atom is -0.391 e. The fraction of sp³-hybridized carbons (Fsp3) is 0.250. The van der Waals surface area contributed by atoms with Gasteiger partial charge in [0.15, 0.2) is 0 Å². The van der Waals surface area contributed by atoms with Gasteiger partial charge in [0.05, 0.1) is 16.8 Å². The quantitative estimate of drug-likeness (QED) is 0.892. The van der Waals surface area contributed by atoms with Crippen LogP contribution in [0.1, 0.15) is 5.01 Å². The van der Waals surface area contributed by atoms with Gasteiger partial charge in [-0.1, -0.05) is 0 Å². The Balaban J connectivity index is 2.24. The monoisotopic (exact) mass is 270 g/mol. The zero-order chi connectivity index (χ0) is 13.1. The van der Waals surface area contributed by atoms with Crippen molar-refractivity contribution in [3.63, 3.8) is 0 Å². The molecule has 0 amide bonds. The van der Waals surface area contributed by atoms with Crippen LogP contribution < -0.4 is 5.73 Å². The number of rotatable bonds is 4. The minimum atomic E-state index is -0.651. The summed E-state index contributed by atoms with van der Waals surface area (Å²) in [5.41, 5.74) is 6.00. The summed E-state index contributed by atoms with van der Waals surface area (Å²) in [6.07, 6.45) is -0.314. The van der Waals surface area contributed by atoms with Crippen molar-refractivity contribution in [2.24, 2.45) is 5.73 Å². The third-order valence-corrected chi connectivity index (χ3v) is 3.31. The third-order valence-electron chi connectivity index (χ3n) is 2.44. The second-order valence-electron chi connectivity index (χ2n) is 3.84. The van der Waals surface area contributed by atoms with Gasteiger partial charge in [0.1, 0.15) is 11.6 Å². The molecular formula is C12H12F2N2OS. The molecule has 0 saturated carbocycles. The van der Waals surface area contributed by atoms with E-state index in [0.717, 1.165) is 6.07 Å². The van der Waals surface area contributed by atoms with Crippen LogP contribution in [0.2, 0.25) is 0 Å². The van der Waals surface area contributed by atoms with Crippen LogP contribution in [0.15, 0.2) is 23.6 Å². The predicted molar refractivity (Wildman–Crippen MR) is 66.2 cm³/mol. The summed E-state index contributed by atoms with van der Waals surface area (Å²) in [4.78, 5) is 4.20. The van der Waals surface area contributed by atoms with Crippen LogP contribution in [0.3, 0.4) is 0 Å². The molecule has 1 aromatic heterocycles. The summed E-state index contributed by atoms with van der Waals surface area (Å²) >= 11 is 1.31. The first kappa shape index (κ1) is 13.1. The van der Waals surface area contributed by atoms with Gasteiger partial charge in [-0.05, 0) is 12.1 Å². The van der Waals surface area contributed by atoms with Gasteiger partial charge < -0.3 is 10.8 Å². The number of nitrogens with zero attached hydrogens (tertiary/aromatic N) is 1. The van der Waals surface area contributed by atoms with Crippen molar-refractivity contribution in [3.05, 3.63) is 40.2 Å². The summed E-state index contributed by atoms with van der Waals surface area (Å²) < 4.78 is 26.3. The van der Waals surface area contributed by atoms with E-state index in [9.17, 15) is 13.9 Å². The van der Waals surface area contributed by atoms with Crippen LogP contribution in [0.5, 0.6) is 0 Å². The van der Waals surface area contributed by atoms with Gasteiger partial charge in [-0.25, -0.2) is 13.8 Å². The summed E-state index contributed by atoms with van der Waals surface area (Å²) in [6, 6.07) is 3.36. The molecule has 3 N–H and O–H groups in total. The molecule has 2 aromatic rings. The van der Waals surface area contributed by atoms with Crippen molar-refractivity contribution in [1.29, 1.82) is 0 Å². The van der Waals surface area contributed by atoms with Gasteiger partial charge in [0, 0.05) is 30.0 Å². The highest BCUT2D eigenvalue weighted by Gasteiger charge is 2.12. The lowest BCUT2D eigenvalue weighted by atomic mass is 10.1. The standard InChI is InChI=1S/C12H12F2N2OS/c13-7-1-2-9(10(14)3-7)11-6-18-12(16-11)4-8(17)5-15/h1-3,6,8,17H,4-5,15H2. The Morgan fingerprint density at radius 3 is 2.83 bits per heavy atom. The van der Waals surface area contributed by atoms with Crippen molar-refractivity contribution >= 4 is 11.3 Å². The van der Waals surface area contributed by atoms with E-state index < -0.39 is 17.7 Å². The molecule has 0 radical (unpaired) electrons. The van der Waals surface area contributed by atoms with Crippen molar-refractivity contribution in [2.75, 3.05) is 6.54 Å². The average molecular weight is 270 g/mol. The molecule has 96 valence electrons. The molecule has 1 aromatic carbocycles. The second kappa shape index (κ2) is 5.51. The van der Waals surface area contributed by atoms with Crippen molar-refractivity contribution in [1.82, 2.24) is 4.98 Å². The van der Waals surface area contributed by atoms with Gasteiger partial charge in [-0.15, -0.1) is 11.3 Å². The topological polar surface area (TPSA) is 59.1 Å². The van der Waals surface area contributed by atoms with Gasteiger partial charge in [-0.3, -0.25) is 0 Å². The van der Waals surface area contributed by atoms with E-state index in [2.05, 4.69) is 4.98 Å². The fourth-order valence-electron chi connectivity index (χ4n) is 1.51. The van der Waals surface area contributed by atoms with Crippen LogP contribution >= 0.6 is 11.3 Å². The number of aliphatic hydroxyl groups excluding tert-OH is 1. The number of aliphatic hydroxyl groups is 1. The maximum atomic E-state index is 13.5. The molecule has 6 heteroatoms. The maximum Gasteiger partial charge on any atom is 0.135 e. The lowest BCUT2D eigenvalue weighted by Crippen LogP contribution is -2.21. The molecule has 1 heterocycles. The number of nitrogens with two attached hydrogens (primary N) is 1. The van der Waals surface area contributed by atoms with Gasteiger partial charge in [-0.2, -0.15) is 0 Å². The van der Waals surface area contributed by atoms with Crippen molar-refractivity contribution in [2.45, 2.75) is 12.5 Å². The van der Waals surface area contributed by atoms with E-state index in [0.29, 0.717) is 17.1 Å². The zero-order valence-electron chi connectivity index (χ0n) is 9.44. The fourth-order valence-corrected chi connectivity index (χ4v) is 2.38. The highest BCUT2D eigenvalue weighted by atomic mass is 32.1. The Morgan fingerprint density at radius 2 is 2.17 bits per heavy atom. The Kier molecular flexibility index (Phi) is 4.00. The van der Waals surface area contributed by atoms with Crippen LogP contribution in [0, 0.1) is 11.6 Å². The highest BCUT2D eigenvalue weighted by Crippen LogP contribution is 2.25.